The van der Waals surface area contributed by atoms with Crippen LogP contribution in [0.4, 0.5) is 5.69 Å². The summed E-state index contributed by atoms with van der Waals surface area (Å²) in [6.07, 6.45) is 0.460. The van der Waals surface area contributed by atoms with Crippen LogP contribution in [0.3, 0.4) is 0 Å². The van der Waals surface area contributed by atoms with Crippen molar-refractivity contribution in [1.82, 2.24) is 0 Å². The smallest absolute Gasteiger partial charge is 0.231 e. The van der Waals surface area contributed by atoms with Crippen LogP contribution >= 0.6 is 15.9 Å². The zero-order valence-corrected chi connectivity index (χ0v) is 13.6. The Kier molecular flexibility index (Phi) is 3.59. The SMILES string of the molecule is Cc1cccc(C(N)c2ccc3c(c2)CC(=O)N3C)c1Br. The first-order chi connectivity index (χ1) is 9.99. The third-order valence-corrected chi connectivity index (χ3v) is 5.18. The fourth-order valence-corrected chi connectivity index (χ4v) is 3.28. The van der Waals surface area contributed by atoms with Crippen LogP contribution in [0.1, 0.15) is 28.3 Å². The summed E-state index contributed by atoms with van der Waals surface area (Å²) in [5.74, 6) is 0.132. The minimum atomic E-state index is -0.203. The van der Waals surface area contributed by atoms with Gasteiger partial charge in [-0.3, -0.25) is 4.79 Å². The van der Waals surface area contributed by atoms with Gasteiger partial charge >= 0.3 is 0 Å². The second-order valence-electron chi connectivity index (χ2n) is 5.47. The van der Waals surface area contributed by atoms with Crippen LogP contribution in [0.15, 0.2) is 40.9 Å². The Hall–Kier alpha value is -1.65. The number of nitrogens with zero attached hydrogens (tertiary/aromatic N) is 1. The van der Waals surface area contributed by atoms with E-state index < -0.39 is 0 Å². The van der Waals surface area contributed by atoms with Crippen molar-refractivity contribution < 1.29 is 4.79 Å². The fourth-order valence-electron chi connectivity index (χ4n) is 2.77. The number of fused-ring (bicyclic) bond motifs is 1. The molecule has 1 aliphatic rings. The molecule has 1 atom stereocenters. The van der Waals surface area contributed by atoms with Gasteiger partial charge in [0, 0.05) is 17.2 Å². The van der Waals surface area contributed by atoms with Crippen LogP contribution in [0.5, 0.6) is 0 Å². The first-order valence-corrected chi connectivity index (χ1v) is 7.68. The summed E-state index contributed by atoms with van der Waals surface area (Å²) in [6.45, 7) is 2.05. The third-order valence-electron chi connectivity index (χ3n) is 4.10. The molecule has 21 heavy (non-hydrogen) atoms. The van der Waals surface area contributed by atoms with Crippen molar-refractivity contribution >= 4 is 27.5 Å². The molecule has 3 rings (SSSR count). The van der Waals surface area contributed by atoms with E-state index in [2.05, 4.69) is 35.0 Å². The van der Waals surface area contributed by atoms with Gasteiger partial charge in [0.1, 0.15) is 0 Å². The van der Waals surface area contributed by atoms with Crippen molar-refractivity contribution in [3.05, 3.63) is 63.1 Å². The second-order valence-corrected chi connectivity index (χ2v) is 6.27. The highest BCUT2D eigenvalue weighted by Gasteiger charge is 2.25. The van der Waals surface area contributed by atoms with Gasteiger partial charge in [0.2, 0.25) is 5.91 Å². The maximum Gasteiger partial charge on any atom is 0.231 e. The average molecular weight is 345 g/mol. The highest BCUT2D eigenvalue weighted by molar-refractivity contribution is 9.10. The Balaban J connectivity index is 2.00. The molecule has 2 N–H and O–H groups in total. The van der Waals surface area contributed by atoms with Crippen LogP contribution in [-0.2, 0) is 11.2 Å². The molecule has 108 valence electrons. The van der Waals surface area contributed by atoms with Gasteiger partial charge in [-0.05, 0) is 35.2 Å². The lowest BCUT2D eigenvalue weighted by atomic mass is 9.96. The van der Waals surface area contributed by atoms with Gasteiger partial charge in [-0.25, -0.2) is 0 Å². The van der Waals surface area contributed by atoms with Gasteiger partial charge in [-0.15, -0.1) is 0 Å². The number of aryl methyl sites for hydroxylation is 1. The molecular weight excluding hydrogens is 328 g/mol. The van der Waals surface area contributed by atoms with E-state index in [1.807, 2.05) is 31.3 Å². The largest absolute Gasteiger partial charge is 0.320 e. The Morgan fingerprint density at radius 3 is 2.81 bits per heavy atom. The van der Waals surface area contributed by atoms with Crippen molar-refractivity contribution in [2.24, 2.45) is 5.73 Å². The summed E-state index contributed by atoms with van der Waals surface area (Å²) in [5, 5.41) is 0. The lowest BCUT2D eigenvalue weighted by Crippen LogP contribution is -2.20. The number of hydrogen-bond donors (Lipinski definition) is 1. The predicted molar refractivity (Wildman–Crippen MR) is 88.5 cm³/mol. The molecule has 1 heterocycles. The molecule has 0 aliphatic carbocycles. The molecule has 0 saturated heterocycles. The molecule has 0 radical (unpaired) electrons. The molecule has 1 aliphatic heterocycles. The highest BCUT2D eigenvalue weighted by Crippen LogP contribution is 2.33. The molecule has 3 nitrogen and oxygen atoms in total. The van der Waals surface area contributed by atoms with E-state index in [0.29, 0.717) is 6.42 Å². The molecule has 0 bridgehead atoms. The number of carbonyl (C=O) groups excluding carboxylic acids is 1. The van der Waals surface area contributed by atoms with Crippen molar-refractivity contribution in [3.63, 3.8) is 0 Å². The summed E-state index contributed by atoms with van der Waals surface area (Å²) in [4.78, 5) is 13.5. The quantitative estimate of drug-likeness (QED) is 0.908. The van der Waals surface area contributed by atoms with Gasteiger partial charge in [0.15, 0.2) is 0 Å². The Bertz CT molecular complexity index is 727. The molecule has 1 amide bonds. The first kappa shape index (κ1) is 14.3. The Morgan fingerprint density at radius 1 is 1.29 bits per heavy atom. The fraction of sp³-hybridized carbons (Fsp3) is 0.235. The summed E-state index contributed by atoms with van der Waals surface area (Å²) in [5.41, 5.74) is 11.7. The number of amides is 1. The second kappa shape index (κ2) is 5.28. The maximum atomic E-state index is 11.8. The van der Waals surface area contributed by atoms with Crippen molar-refractivity contribution in [3.8, 4) is 0 Å². The third kappa shape index (κ3) is 2.39. The molecule has 0 fully saturated rings. The van der Waals surface area contributed by atoms with E-state index in [0.717, 1.165) is 26.9 Å². The van der Waals surface area contributed by atoms with E-state index in [-0.39, 0.29) is 11.9 Å². The first-order valence-electron chi connectivity index (χ1n) is 6.89. The highest BCUT2D eigenvalue weighted by atomic mass is 79.9. The lowest BCUT2D eigenvalue weighted by Gasteiger charge is -2.17. The maximum absolute atomic E-state index is 11.8. The Labute approximate surface area is 132 Å². The summed E-state index contributed by atoms with van der Waals surface area (Å²) in [7, 11) is 1.81. The van der Waals surface area contributed by atoms with Gasteiger partial charge in [0.25, 0.3) is 0 Å². The lowest BCUT2D eigenvalue weighted by molar-refractivity contribution is -0.117. The number of benzene rings is 2. The topological polar surface area (TPSA) is 46.3 Å². The van der Waals surface area contributed by atoms with Gasteiger partial charge in [-0.2, -0.15) is 0 Å². The minimum absolute atomic E-state index is 0.132. The molecule has 1 unspecified atom stereocenters. The Morgan fingerprint density at radius 2 is 2.05 bits per heavy atom. The monoisotopic (exact) mass is 344 g/mol. The molecular formula is C17H17BrN2O. The van der Waals surface area contributed by atoms with Crippen LogP contribution < -0.4 is 10.6 Å². The standard InChI is InChI=1S/C17H17BrN2O/c1-10-4-3-5-13(16(10)18)17(19)11-6-7-14-12(8-11)9-15(21)20(14)2/h3-8,17H,9,19H2,1-2H3. The number of carbonyl (C=O) groups is 1. The number of likely N-dealkylation sites (N-methyl/N-ethyl adjacent to an activating group) is 1. The zero-order valence-electron chi connectivity index (χ0n) is 12.1. The molecule has 0 spiro atoms. The van der Waals surface area contributed by atoms with Crippen LogP contribution in [0, 0.1) is 6.92 Å². The van der Waals surface area contributed by atoms with Gasteiger partial charge < -0.3 is 10.6 Å². The number of halogens is 1. The molecule has 2 aromatic carbocycles. The molecule has 2 aromatic rings. The van der Waals surface area contributed by atoms with E-state index in [1.165, 1.54) is 5.56 Å². The minimum Gasteiger partial charge on any atom is -0.320 e. The van der Waals surface area contributed by atoms with Crippen LogP contribution in [0.2, 0.25) is 0 Å². The predicted octanol–water partition coefficient (Wildman–Crippen LogP) is 3.32. The number of nitrogens with two attached hydrogens (primary N) is 1. The van der Waals surface area contributed by atoms with Crippen LogP contribution in [-0.4, -0.2) is 13.0 Å². The number of hydrogen-bond acceptors (Lipinski definition) is 2. The molecule has 4 heteroatoms. The average Bonchev–Trinajstić information content (AvgIpc) is 2.76. The van der Waals surface area contributed by atoms with Crippen LogP contribution in [0.25, 0.3) is 0 Å². The summed E-state index contributed by atoms with van der Waals surface area (Å²) >= 11 is 3.62. The normalized spacial score (nSPS) is 15.2. The van der Waals surface area contributed by atoms with E-state index in [4.69, 9.17) is 5.73 Å². The summed E-state index contributed by atoms with van der Waals surface area (Å²) < 4.78 is 1.05. The number of anilines is 1. The van der Waals surface area contributed by atoms with E-state index in [9.17, 15) is 4.79 Å². The molecule has 0 aromatic heterocycles. The number of rotatable bonds is 2. The zero-order chi connectivity index (χ0) is 15.1. The van der Waals surface area contributed by atoms with Gasteiger partial charge in [-0.1, -0.05) is 46.3 Å². The van der Waals surface area contributed by atoms with Crippen molar-refractivity contribution in [1.29, 1.82) is 0 Å². The van der Waals surface area contributed by atoms with E-state index in [1.54, 1.807) is 4.90 Å². The van der Waals surface area contributed by atoms with E-state index >= 15 is 0 Å². The molecule has 0 saturated carbocycles. The van der Waals surface area contributed by atoms with Gasteiger partial charge in [0.05, 0.1) is 12.5 Å². The summed E-state index contributed by atoms with van der Waals surface area (Å²) in [6, 6.07) is 11.9. The van der Waals surface area contributed by atoms with Crippen molar-refractivity contribution in [2.75, 3.05) is 11.9 Å². The van der Waals surface area contributed by atoms with Crippen molar-refractivity contribution in [2.45, 2.75) is 19.4 Å².